The smallest absolute Gasteiger partial charge is 0.337 e. The number of methoxy groups -OCH3 is 1. The number of benzene rings is 2. The lowest BCUT2D eigenvalue weighted by atomic mass is 10.1. The molecule has 0 bridgehead atoms. The van der Waals surface area contributed by atoms with Crippen LogP contribution in [-0.4, -0.2) is 52.7 Å². The predicted molar refractivity (Wildman–Crippen MR) is 104 cm³/mol. The Morgan fingerprint density at radius 3 is 2.46 bits per heavy atom. The van der Waals surface area contributed by atoms with Gasteiger partial charge in [0.05, 0.1) is 30.8 Å². The highest BCUT2D eigenvalue weighted by Crippen LogP contribution is 2.14. The van der Waals surface area contributed by atoms with E-state index in [1.165, 1.54) is 31.4 Å². The first-order valence-corrected chi connectivity index (χ1v) is 10.5. The Hall–Kier alpha value is -2.26. The molecule has 7 nitrogen and oxygen atoms in total. The van der Waals surface area contributed by atoms with Gasteiger partial charge in [0.1, 0.15) is 0 Å². The van der Waals surface area contributed by atoms with Crippen molar-refractivity contribution in [2.24, 2.45) is 0 Å². The van der Waals surface area contributed by atoms with Crippen molar-refractivity contribution in [3.63, 3.8) is 0 Å². The first kappa shape index (κ1) is 20.5. The van der Waals surface area contributed by atoms with Crippen LogP contribution in [0.1, 0.15) is 21.5 Å². The third-order valence-electron chi connectivity index (χ3n) is 4.55. The molecule has 1 heterocycles. The number of morpholine rings is 1. The summed E-state index contributed by atoms with van der Waals surface area (Å²) in [6.45, 7) is 4.30. The van der Waals surface area contributed by atoms with Crippen LogP contribution in [0, 0.1) is 0 Å². The molecule has 2 aromatic carbocycles. The molecular formula is C20H24N2O5S. The van der Waals surface area contributed by atoms with E-state index in [1.807, 2.05) is 24.3 Å². The molecule has 0 atom stereocenters. The highest BCUT2D eigenvalue weighted by Gasteiger charge is 2.15. The topological polar surface area (TPSA) is 84.9 Å². The van der Waals surface area contributed by atoms with Gasteiger partial charge < -0.3 is 9.47 Å². The van der Waals surface area contributed by atoms with Gasteiger partial charge in [0.2, 0.25) is 10.0 Å². The number of sulfonamides is 1. The number of hydrogen-bond acceptors (Lipinski definition) is 6. The van der Waals surface area contributed by atoms with E-state index in [0.29, 0.717) is 5.56 Å². The Kier molecular flexibility index (Phi) is 6.79. The maximum Gasteiger partial charge on any atom is 0.337 e. The van der Waals surface area contributed by atoms with Crippen molar-refractivity contribution in [1.82, 2.24) is 9.62 Å². The number of hydrogen-bond donors (Lipinski definition) is 1. The molecule has 1 aliphatic heterocycles. The number of nitrogens with zero attached hydrogens (tertiary/aromatic N) is 1. The fourth-order valence-corrected chi connectivity index (χ4v) is 4.02. The summed E-state index contributed by atoms with van der Waals surface area (Å²) in [4.78, 5) is 13.9. The van der Waals surface area contributed by atoms with Crippen molar-refractivity contribution in [3.8, 4) is 0 Å². The van der Waals surface area contributed by atoms with E-state index in [-0.39, 0.29) is 11.4 Å². The van der Waals surface area contributed by atoms with Crippen LogP contribution in [0.25, 0.3) is 0 Å². The number of carbonyl (C=O) groups is 1. The minimum atomic E-state index is -3.68. The highest BCUT2D eigenvalue weighted by atomic mass is 32.2. The maximum atomic E-state index is 12.5. The van der Waals surface area contributed by atoms with Crippen LogP contribution in [0.5, 0.6) is 0 Å². The van der Waals surface area contributed by atoms with Gasteiger partial charge in [-0.3, -0.25) is 4.90 Å². The van der Waals surface area contributed by atoms with Crippen LogP contribution in [0.2, 0.25) is 0 Å². The number of rotatable bonds is 7. The molecule has 0 unspecified atom stereocenters. The Morgan fingerprint density at radius 2 is 1.79 bits per heavy atom. The summed E-state index contributed by atoms with van der Waals surface area (Å²) >= 11 is 0. The molecule has 3 rings (SSSR count). The summed E-state index contributed by atoms with van der Waals surface area (Å²) < 4.78 is 37.6. The monoisotopic (exact) mass is 404 g/mol. The standard InChI is InChI=1S/C20H24N2O5S/c1-26-20(23)18-5-7-19(8-6-18)28(24,25)21-14-16-3-2-4-17(13-16)15-22-9-11-27-12-10-22/h2-8,13,21H,9-12,14-15H2,1H3. The summed E-state index contributed by atoms with van der Waals surface area (Å²) in [5.74, 6) is -0.506. The highest BCUT2D eigenvalue weighted by molar-refractivity contribution is 7.89. The van der Waals surface area contributed by atoms with Crippen molar-refractivity contribution in [3.05, 3.63) is 65.2 Å². The fourth-order valence-electron chi connectivity index (χ4n) is 3.01. The number of esters is 1. The summed E-state index contributed by atoms with van der Waals surface area (Å²) in [5, 5.41) is 0. The molecule has 0 radical (unpaired) electrons. The Morgan fingerprint density at radius 1 is 1.11 bits per heavy atom. The van der Waals surface area contributed by atoms with Crippen molar-refractivity contribution >= 4 is 16.0 Å². The first-order chi connectivity index (χ1) is 13.5. The minimum Gasteiger partial charge on any atom is -0.465 e. The third-order valence-corrected chi connectivity index (χ3v) is 5.97. The summed E-state index contributed by atoms with van der Waals surface area (Å²) in [5.41, 5.74) is 2.33. The normalized spacial score (nSPS) is 15.3. The molecule has 1 N–H and O–H groups in total. The van der Waals surface area contributed by atoms with Crippen LogP contribution < -0.4 is 4.72 Å². The van der Waals surface area contributed by atoms with Crippen molar-refractivity contribution < 1.29 is 22.7 Å². The summed E-state index contributed by atoms with van der Waals surface area (Å²) in [7, 11) is -2.40. The van der Waals surface area contributed by atoms with Gasteiger partial charge in [-0.05, 0) is 35.4 Å². The van der Waals surface area contributed by atoms with E-state index in [4.69, 9.17) is 4.74 Å². The zero-order chi connectivity index (χ0) is 20.0. The third kappa shape index (κ3) is 5.39. The van der Waals surface area contributed by atoms with Gasteiger partial charge >= 0.3 is 5.97 Å². The van der Waals surface area contributed by atoms with Gasteiger partial charge in [-0.1, -0.05) is 24.3 Å². The molecule has 0 spiro atoms. The summed E-state index contributed by atoms with van der Waals surface area (Å²) in [6.07, 6.45) is 0. The van der Waals surface area contributed by atoms with E-state index in [1.54, 1.807) is 0 Å². The van der Waals surface area contributed by atoms with Crippen molar-refractivity contribution in [2.45, 2.75) is 18.0 Å². The Bertz CT molecular complexity index is 906. The molecule has 2 aromatic rings. The second-order valence-electron chi connectivity index (χ2n) is 6.55. The van der Waals surface area contributed by atoms with Gasteiger partial charge in [0.25, 0.3) is 0 Å². The average molecular weight is 404 g/mol. The van der Waals surface area contributed by atoms with E-state index in [2.05, 4.69) is 14.4 Å². The van der Waals surface area contributed by atoms with E-state index in [0.717, 1.165) is 44.0 Å². The zero-order valence-electron chi connectivity index (χ0n) is 15.8. The lowest BCUT2D eigenvalue weighted by Crippen LogP contribution is -2.35. The molecule has 1 aliphatic rings. The quantitative estimate of drug-likeness (QED) is 0.708. The van der Waals surface area contributed by atoms with Gasteiger partial charge in [0, 0.05) is 26.2 Å². The maximum absolute atomic E-state index is 12.5. The van der Waals surface area contributed by atoms with Crippen LogP contribution in [-0.2, 0) is 32.6 Å². The largest absolute Gasteiger partial charge is 0.465 e. The Labute approximate surface area is 165 Å². The molecule has 28 heavy (non-hydrogen) atoms. The number of carbonyl (C=O) groups excluding carboxylic acids is 1. The second kappa shape index (κ2) is 9.29. The first-order valence-electron chi connectivity index (χ1n) is 9.04. The molecule has 8 heteroatoms. The lowest BCUT2D eigenvalue weighted by Gasteiger charge is -2.26. The van der Waals surface area contributed by atoms with Gasteiger partial charge in [-0.25, -0.2) is 17.9 Å². The van der Waals surface area contributed by atoms with E-state index >= 15 is 0 Å². The zero-order valence-corrected chi connectivity index (χ0v) is 16.6. The van der Waals surface area contributed by atoms with Gasteiger partial charge in [-0.2, -0.15) is 0 Å². The molecule has 150 valence electrons. The summed E-state index contributed by atoms with van der Waals surface area (Å²) in [6, 6.07) is 13.5. The molecule has 1 fully saturated rings. The Balaban J connectivity index is 1.62. The van der Waals surface area contributed by atoms with Crippen LogP contribution >= 0.6 is 0 Å². The molecule has 0 saturated carbocycles. The molecule has 0 aromatic heterocycles. The molecule has 0 aliphatic carbocycles. The van der Waals surface area contributed by atoms with Crippen LogP contribution in [0.15, 0.2) is 53.4 Å². The van der Waals surface area contributed by atoms with Crippen molar-refractivity contribution in [1.29, 1.82) is 0 Å². The fraction of sp³-hybridized carbons (Fsp3) is 0.350. The molecule has 1 saturated heterocycles. The van der Waals surface area contributed by atoms with E-state index < -0.39 is 16.0 Å². The second-order valence-corrected chi connectivity index (χ2v) is 8.32. The average Bonchev–Trinajstić information content (AvgIpc) is 2.73. The van der Waals surface area contributed by atoms with E-state index in [9.17, 15) is 13.2 Å². The lowest BCUT2D eigenvalue weighted by molar-refractivity contribution is 0.0342. The van der Waals surface area contributed by atoms with Crippen LogP contribution in [0.4, 0.5) is 0 Å². The molecular weight excluding hydrogens is 380 g/mol. The predicted octanol–water partition coefficient (Wildman–Crippen LogP) is 1.78. The number of nitrogens with one attached hydrogen (secondary N) is 1. The van der Waals surface area contributed by atoms with Gasteiger partial charge in [-0.15, -0.1) is 0 Å². The van der Waals surface area contributed by atoms with Crippen LogP contribution in [0.3, 0.4) is 0 Å². The van der Waals surface area contributed by atoms with Gasteiger partial charge in [0.15, 0.2) is 0 Å². The molecule has 0 amide bonds. The SMILES string of the molecule is COC(=O)c1ccc(S(=O)(=O)NCc2cccc(CN3CCOCC3)c2)cc1. The number of ether oxygens (including phenoxy) is 2. The van der Waals surface area contributed by atoms with Crippen molar-refractivity contribution in [2.75, 3.05) is 33.4 Å². The minimum absolute atomic E-state index is 0.102.